The molecule has 1 aliphatic heterocycles. The van der Waals surface area contributed by atoms with Crippen LogP contribution in [0, 0.1) is 11.6 Å². The Morgan fingerprint density at radius 1 is 1.10 bits per heavy atom. The highest BCUT2D eigenvalue weighted by molar-refractivity contribution is 7.18. The first-order chi connectivity index (χ1) is 14.1. The minimum atomic E-state index is -0.609. The second kappa shape index (κ2) is 8.94. The number of pyridine rings is 1. The van der Waals surface area contributed by atoms with E-state index in [-0.39, 0.29) is 6.61 Å². The molecule has 3 aromatic rings. The van der Waals surface area contributed by atoms with Crippen molar-refractivity contribution < 1.29 is 13.9 Å². The number of aromatic nitrogens is 2. The molecule has 5 nitrogen and oxygen atoms in total. The van der Waals surface area contributed by atoms with Crippen LogP contribution in [0.1, 0.15) is 24.3 Å². The van der Waals surface area contributed by atoms with Crippen molar-refractivity contribution in [2.75, 3.05) is 31.6 Å². The molecule has 0 saturated carbocycles. The van der Waals surface area contributed by atoms with Crippen LogP contribution in [0.3, 0.4) is 0 Å². The maximum atomic E-state index is 13.5. The summed E-state index contributed by atoms with van der Waals surface area (Å²) in [6, 6.07) is 7.52. The van der Waals surface area contributed by atoms with Crippen molar-refractivity contribution in [3.63, 3.8) is 0 Å². The summed E-state index contributed by atoms with van der Waals surface area (Å²) in [5.74, 6) is -0.0492. The van der Waals surface area contributed by atoms with Gasteiger partial charge in [0.2, 0.25) is 0 Å². The third kappa shape index (κ3) is 4.95. The van der Waals surface area contributed by atoms with Crippen LogP contribution in [0.25, 0.3) is 10.4 Å². The molecule has 1 fully saturated rings. The standard InChI is InChI=1S/C21H22F2N4OS/c22-17-9-16(10-18(23)12-17)19-13-25-21(29-19)26-20-11-15(1-4-24-20)14-2-5-27(6-3-14)7-8-28/h1,4,9-14,28H,2-3,5-8H2,(H,24,25,26). The number of likely N-dealkylation sites (tertiary alicyclic amines) is 1. The number of hydrogen-bond acceptors (Lipinski definition) is 6. The van der Waals surface area contributed by atoms with Crippen molar-refractivity contribution in [2.45, 2.75) is 18.8 Å². The minimum absolute atomic E-state index is 0.200. The Balaban J connectivity index is 1.44. The smallest absolute Gasteiger partial charge is 0.188 e. The monoisotopic (exact) mass is 416 g/mol. The van der Waals surface area contributed by atoms with Crippen LogP contribution in [0.2, 0.25) is 0 Å². The van der Waals surface area contributed by atoms with E-state index in [1.807, 2.05) is 12.1 Å². The number of nitrogens with zero attached hydrogens (tertiary/aromatic N) is 3. The third-order valence-corrected chi connectivity index (χ3v) is 6.11. The van der Waals surface area contributed by atoms with E-state index in [0.29, 0.717) is 27.3 Å². The predicted octanol–water partition coefficient (Wildman–Crippen LogP) is 4.40. The average Bonchev–Trinajstić information content (AvgIpc) is 3.17. The van der Waals surface area contributed by atoms with Gasteiger partial charge < -0.3 is 15.3 Å². The van der Waals surface area contributed by atoms with Gasteiger partial charge in [-0.25, -0.2) is 18.7 Å². The van der Waals surface area contributed by atoms with Crippen LogP contribution in [-0.4, -0.2) is 46.2 Å². The summed E-state index contributed by atoms with van der Waals surface area (Å²) in [7, 11) is 0. The van der Waals surface area contributed by atoms with Gasteiger partial charge in [0.05, 0.1) is 11.5 Å². The number of nitrogens with one attached hydrogen (secondary N) is 1. The number of halogens is 2. The molecule has 2 N–H and O–H groups in total. The summed E-state index contributed by atoms with van der Waals surface area (Å²) in [5, 5.41) is 12.9. The Morgan fingerprint density at radius 3 is 2.59 bits per heavy atom. The molecule has 0 bridgehead atoms. The number of β-amino-alcohol motifs (C(OH)–C–C–N with tert-alkyl or cyclic N) is 1. The molecule has 0 amide bonds. The number of piperidine rings is 1. The van der Waals surface area contributed by atoms with Gasteiger partial charge in [-0.1, -0.05) is 11.3 Å². The van der Waals surface area contributed by atoms with Gasteiger partial charge in [0.25, 0.3) is 0 Å². The summed E-state index contributed by atoms with van der Waals surface area (Å²) in [4.78, 5) is 11.6. The quantitative estimate of drug-likeness (QED) is 0.624. The molecule has 3 heterocycles. The average molecular weight is 416 g/mol. The lowest BCUT2D eigenvalue weighted by atomic mass is 9.90. The molecular formula is C21H22F2N4OS. The second-order valence-corrected chi connectivity index (χ2v) is 8.16. The summed E-state index contributed by atoms with van der Waals surface area (Å²) in [6.45, 7) is 2.90. The van der Waals surface area contributed by atoms with Crippen LogP contribution < -0.4 is 5.32 Å². The Morgan fingerprint density at radius 2 is 1.86 bits per heavy atom. The van der Waals surface area contributed by atoms with Crippen LogP contribution >= 0.6 is 11.3 Å². The zero-order valence-electron chi connectivity index (χ0n) is 15.8. The molecule has 8 heteroatoms. The molecule has 0 radical (unpaired) electrons. The van der Waals surface area contributed by atoms with Crippen molar-refractivity contribution in [3.8, 4) is 10.4 Å². The van der Waals surface area contributed by atoms with E-state index in [1.54, 1.807) is 12.4 Å². The number of rotatable bonds is 6. The zero-order valence-corrected chi connectivity index (χ0v) is 16.6. The maximum absolute atomic E-state index is 13.5. The van der Waals surface area contributed by atoms with Crippen molar-refractivity contribution in [3.05, 3.63) is 59.9 Å². The first-order valence-corrected chi connectivity index (χ1v) is 10.4. The van der Waals surface area contributed by atoms with Gasteiger partial charge in [-0.15, -0.1) is 0 Å². The fourth-order valence-electron chi connectivity index (χ4n) is 3.67. The molecule has 1 saturated heterocycles. The lowest BCUT2D eigenvalue weighted by molar-refractivity contribution is 0.164. The van der Waals surface area contributed by atoms with Gasteiger partial charge in [-0.3, -0.25) is 0 Å². The van der Waals surface area contributed by atoms with E-state index in [0.717, 1.165) is 38.5 Å². The number of benzene rings is 1. The van der Waals surface area contributed by atoms with Crippen LogP contribution in [0.15, 0.2) is 42.7 Å². The molecule has 0 unspecified atom stereocenters. The number of aliphatic hydroxyl groups is 1. The van der Waals surface area contributed by atoms with Crippen LogP contribution in [0.4, 0.5) is 19.7 Å². The van der Waals surface area contributed by atoms with Crippen molar-refractivity contribution in [2.24, 2.45) is 0 Å². The molecule has 1 aliphatic rings. The summed E-state index contributed by atoms with van der Waals surface area (Å²) < 4.78 is 26.9. The number of anilines is 2. The first kappa shape index (κ1) is 19.9. The van der Waals surface area contributed by atoms with Gasteiger partial charge in [-0.2, -0.15) is 0 Å². The molecule has 152 valence electrons. The Labute approximate surface area is 172 Å². The van der Waals surface area contributed by atoms with Crippen LogP contribution in [-0.2, 0) is 0 Å². The molecule has 0 aliphatic carbocycles. The van der Waals surface area contributed by atoms with E-state index in [2.05, 4.69) is 20.2 Å². The second-order valence-electron chi connectivity index (χ2n) is 7.13. The first-order valence-electron chi connectivity index (χ1n) is 9.59. The van der Waals surface area contributed by atoms with Gasteiger partial charge in [0.1, 0.15) is 17.5 Å². The SMILES string of the molecule is OCCN1CCC(c2ccnc(Nc3ncc(-c4cc(F)cc(F)c4)s3)c2)CC1. The maximum Gasteiger partial charge on any atom is 0.188 e. The number of thiazole rings is 1. The Bertz CT molecular complexity index is 953. The number of aliphatic hydroxyl groups excluding tert-OH is 1. The largest absolute Gasteiger partial charge is 0.395 e. The molecule has 1 aromatic carbocycles. The van der Waals surface area contributed by atoms with Crippen molar-refractivity contribution in [1.82, 2.24) is 14.9 Å². The Kier molecular flexibility index (Phi) is 6.13. The third-order valence-electron chi connectivity index (χ3n) is 5.15. The lowest BCUT2D eigenvalue weighted by Gasteiger charge is -2.31. The van der Waals surface area contributed by atoms with E-state index in [9.17, 15) is 8.78 Å². The van der Waals surface area contributed by atoms with Gasteiger partial charge >= 0.3 is 0 Å². The molecule has 2 aromatic heterocycles. The van der Waals surface area contributed by atoms with Gasteiger partial charge in [0.15, 0.2) is 5.13 Å². The highest BCUT2D eigenvalue weighted by Gasteiger charge is 2.20. The van der Waals surface area contributed by atoms with E-state index in [1.165, 1.54) is 29.0 Å². The van der Waals surface area contributed by atoms with Gasteiger partial charge in [0, 0.05) is 25.0 Å². The van der Waals surface area contributed by atoms with E-state index >= 15 is 0 Å². The molecule has 29 heavy (non-hydrogen) atoms. The lowest BCUT2D eigenvalue weighted by Crippen LogP contribution is -2.34. The summed E-state index contributed by atoms with van der Waals surface area (Å²) >= 11 is 1.32. The predicted molar refractivity (Wildman–Crippen MR) is 110 cm³/mol. The van der Waals surface area contributed by atoms with Crippen molar-refractivity contribution in [1.29, 1.82) is 0 Å². The fraction of sp³-hybridized carbons (Fsp3) is 0.333. The topological polar surface area (TPSA) is 61.3 Å². The zero-order chi connectivity index (χ0) is 20.2. The summed E-state index contributed by atoms with van der Waals surface area (Å²) in [5.41, 5.74) is 1.69. The molecule has 0 spiro atoms. The minimum Gasteiger partial charge on any atom is -0.395 e. The van der Waals surface area contributed by atoms with E-state index in [4.69, 9.17) is 5.11 Å². The number of hydrogen-bond donors (Lipinski definition) is 2. The normalized spacial score (nSPS) is 15.6. The van der Waals surface area contributed by atoms with Gasteiger partial charge in [-0.05, 0) is 67.2 Å². The molecule has 0 atom stereocenters. The van der Waals surface area contributed by atoms with E-state index < -0.39 is 11.6 Å². The Hall–Kier alpha value is -2.42. The summed E-state index contributed by atoms with van der Waals surface area (Å²) in [6.07, 6.45) is 5.49. The van der Waals surface area contributed by atoms with Crippen LogP contribution in [0.5, 0.6) is 0 Å². The molecule has 4 rings (SSSR count). The van der Waals surface area contributed by atoms with Crippen molar-refractivity contribution >= 4 is 22.3 Å². The molecular weight excluding hydrogens is 394 g/mol. The fourth-order valence-corrected chi connectivity index (χ4v) is 4.48. The highest BCUT2D eigenvalue weighted by atomic mass is 32.1. The highest BCUT2D eigenvalue weighted by Crippen LogP contribution is 2.33.